The van der Waals surface area contributed by atoms with Gasteiger partial charge in [0.25, 0.3) is 0 Å². The van der Waals surface area contributed by atoms with Gasteiger partial charge < -0.3 is 1.43 Å². The van der Waals surface area contributed by atoms with Crippen molar-refractivity contribution in [2.75, 3.05) is 0 Å². The predicted molar refractivity (Wildman–Crippen MR) is 18.7 cm³/mol. The van der Waals surface area contributed by atoms with Crippen LogP contribution in [0.3, 0.4) is 0 Å². The van der Waals surface area contributed by atoms with Crippen LogP contribution in [-0.2, 0) is 10.6 Å². The van der Waals surface area contributed by atoms with Crippen LogP contribution in [0.4, 0.5) is 0 Å². The number of hydrogen-bond donors (Lipinski definition) is 1. The Hall–Kier alpha value is 1.56. The number of hydrogen-bond acceptors (Lipinski definition) is 3. The molecule has 0 atom stereocenters. The molecule has 0 amide bonds. The molecule has 0 unspecified atom stereocenters. The van der Waals surface area contributed by atoms with E-state index in [-0.39, 0.29) is 31.0 Å². The van der Waals surface area contributed by atoms with Crippen LogP contribution in [0.2, 0.25) is 0 Å². The normalized spacial score (nSPS) is 10.0. The Morgan fingerprint density at radius 1 is 1.71 bits per heavy atom. The summed E-state index contributed by atoms with van der Waals surface area (Å²) in [5.41, 5.74) is 0. The molecule has 0 aromatic carbocycles. The topological polar surface area (TPSA) is 63.6 Å². The van der Waals surface area contributed by atoms with Crippen molar-refractivity contribution in [2.45, 2.75) is 0 Å². The van der Waals surface area contributed by atoms with Gasteiger partial charge in [0.1, 0.15) is 0 Å². The Bertz CT molecular complexity index is 116. The minimum absolute atomic E-state index is 0. The third kappa shape index (κ3) is 11.2. The van der Waals surface area contributed by atoms with Crippen LogP contribution in [0.5, 0.6) is 0 Å². The Morgan fingerprint density at radius 2 is 1.86 bits per heavy atom. The third-order valence-electron chi connectivity index (χ3n) is 0.0942. The fourth-order valence-corrected chi connectivity index (χ4v) is 0. The van der Waals surface area contributed by atoms with Crippen molar-refractivity contribution in [2.24, 2.45) is 0 Å². The van der Waals surface area contributed by atoms with Gasteiger partial charge in [0.05, 0.1) is 0 Å². The summed E-state index contributed by atoms with van der Waals surface area (Å²) in [6.07, 6.45) is 0. The smallest absolute Gasteiger partial charge is 1.00 e. The second kappa shape index (κ2) is 4.44. The molecule has 0 rings (SSSR count). The standard InChI is InChI=1S/Na.H2O4Se2.H/c;1-6(2,3)4-5;/h;5H,(H,1,2,3);/q+1;;-1. The summed E-state index contributed by atoms with van der Waals surface area (Å²) in [6, 6.07) is 0. The van der Waals surface area contributed by atoms with E-state index in [4.69, 9.17) is 4.19 Å². The Labute approximate surface area is 74.8 Å². The van der Waals surface area contributed by atoms with Gasteiger partial charge in [-0.05, 0) is 0 Å². The van der Waals surface area contributed by atoms with Gasteiger partial charge in [-0.25, -0.2) is 0 Å². The SMILES string of the molecule is O=[Se](=O)(O)O[SeH].[H-].[Na+]. The molecule has 40 valence electrons. The second-order valence-electron chi connectivity index (χ2n) is 0.502. The summed E-state index contributed by atoms with van der Waals surface area (Å²) in [5.74, 6) is 0. The zero-order valence-corrected chi connectivity index (χ0v) is 9.12. The van der Waals surface area contributed by atoms with E-state index in [1.54, 1.807) is 0 Å². The van der Waals surface area contributed by atoms with Crippen LogP contribution in [0.25, 0.3) is 0 Å². The van der Waals surface area contributed by atoms with Crippen LogP contribution in [0, 0.1) is 0 Å². The van der Waals surface area contributed by atoms with Crippen LogP contribution in [-0.4, -0.2) is 33.9 Å². The van der Waals surface area contributed by atoms with Crippen LogP contribution < -0.4 is 29.6 Å². The molecule has 0 fully saturated rings. The maximum absolute atomic E-state index is 9.39. The first-order valence-corrected chi connectivity index (χ1v) is 4.50. The number of rotatable bonds is 1. The summed E-state index contributed by atoms with van der Waals surface area (Å²) in [6.45, 7) is 0. The molecule has 0 aliphatic heterocycles. The average molecular weight is 248 g/mol. The molecule has 0 saturated heterocycles. The van der Waals surface area contributed by atoms with E-state index in [1.165, 1.54) is 16.3 Å². The van der Waals surface area contributed by atoms with E-state index >= 15 is 0 Å². The predicted octanol–water partition coefficient (Wildman–Crippen LogP) is -4.78. The molecule has 0 saturated carbocycles. The van der Waals surface area contributed by atoms with Gasteiger partial charge in [-0.2, -0.15) is 0 Å². The molecule has 0 aromatic heterocycles. The molecule has 1 N–H and O–H groups in total. The van der Waals surface area contributed by atoms with Crippen LogP contribution in [0.1, 0.15) is 1.43 Å². The summed E-state index contributed by atoms with van der Waals surface area (Å²) >= 11 is -3.52. The fourth-order valence-electron chi connectivity index (χ4n) is 0. The van der Waals surface area contributed by atoms with Crippen LogP contribution in [0.15, 0.2) is 0 Å². The molecular weight excluding hydrogens is 245 g/mol. The van der Waals surface area contributed by atoms with E-state index < -0.39 is 13.4 Å². The van der Waals surface area contributed by atoms with Crippen LogP contribution >= 0.6 is 0 Å². The van der Waals surface area contributed by atoms with E-state index in [2.05, 4.69) is 2.90 Å². The minimum Gasteiger partial charge on any atom is -1.00 e. The molecule has 0 aromatic rings. The molecule has 4 nitrogen and oxygen atoms in total. The van der Waals surface area contributed by atoms with E-state index in [0.717, 1.165) is 0 Å². The molecular formula is H3NaO4Se2. The summed E-state index contributed by atoms with van der Waals surface area (Å²) in [4.78, 5) is 0. The van der Waals surface area contributed by atoms with Crippen molar-refractivity contribution < 1.29 is 45.7 Å². The monoisotopic (exact) mass is 250 g/mol. The summed E-state index contributed by atoms with van der Waals surface area (Å²) in [7, 11) is 0. The maximum atomic E-state index is 9.39. The maximum Gasteiger partial charge on any atom is 1.00 e. The van der Waals surface area contributed by atoms with Crippen molar-refractivity contribution in [1.82, 2.24) is 0 Å². The Kier molecular flexibility index (Phi) is 7.21. The fraction of sp³-hybridized carbons (Fsp3) is 0. The van der Waals surface area contributed by atoms with Gasteiger partial charge in [-0.15, -0.1) is 0 Å². The molecule has 0 spiro atoms. The van der Waals surface area contributed by atoms with Gasteiger partial charge in [0.2, 0.25) is 0 Å². The summed E-state index contributed by atoms with van der Waals surface area (Å²) < 4.78 is 29.9. The zero-order valence-electron chi connectivity index (χ0n) is 4.53. The summed E-state index contributed by atoms with van der Waals surface area (Å²) in [5, 5.41) is 0. The largest absolute Gasteiger partial charge is 1.00 e. The molecule has 0 aliphatic carbocycles. The van der Waals surface area contributed by atoms with Crippen molar-refractivity contribution in [3.63, 3.8) is 0 Å². The minimum atomic E-state index is -4.81. The van der Waals surface area contributed by atoms with E-state index in [0.29, 0.717) is 0 Å². The molecule has 0 aliphatic rings. The first kappa shape index (κ1) is 11.4. The molecule has 7 heteroatoms. The van der Waals surface area contributed by atoms with Gasteiger partial charge in [0, 0.05) is 0 Å². The van der Waals surface area contributed by atoms with E-state index in [9.17, 15) is 7.67 Å². The quantitative estimate of drug-likeness (QED) is 0.473. The molecule has 0 bridgehead atoms. The molecule has 0 heterocycles. The molecule has 0 radical (unpaired) electrons. The van der Waals surface area contributed by atoms with Gasteiger partial charge in [0.15, 0.2) is 0 Å². The Morgan fingerprint density at radius 3 is 1.86 bits per heavy atom. The van der Waals surface area contributed by atoms with Gasteiger partial charge in [-0.1, -0.05) is 0 Å². The van der Waals surface area contributed by atoms with E-state index in [1.807, 2.05) is 0 Å². The van der Waals surface area contributed by atoms with Gasteiger partial charge >= 0.3 is 74.0 Å². The van der Waals surface area contributed by atoms with Gasteiger partial charge in [-0.3, -0.25) is 0 Å². The van der Waals surface area contributed by atoms with Crippen molar-refractivity contribution in [1.29, 1.82) is 0 Å². The first-order chi connectivity index (χ1) is 2.56. The molecule has 7 heavy (non-hydrogen) atoms. The second-order valence-corrected chi connectivity index (χ2v) is 4.24. The average Bonchev–Trinajstić information content (AvgIpc) is 1.35. The van der Waals surface area contributed by atoms with Crippen molar-refractivity contribution in [3.8, 4) is 0 Å². The zero-order chi connectivity index (χ0) is 5.21. The van der Waals surface area contributed by atoms with Crippen molar-refractivity contribution >= 4 is 29.7 Å². The third-order valence-corrected chi connectivity index (χ3v) is 2.54. The first-order valence-electron chi connectivity index (χ1n) is 0.865. The Balaban J connectivity index is -0.000000125. The van der Waals surface area contributed by atoms with Crippen molar-refractivity contribution in [3.05, 3.63) is 0 Å².